The van der Waals surface area contributed by atoms with E-state index in [4.69, 9.17) is 4.42 Å². The van der Waals surface area contributed by atoms with Crippen LogP contribution in [-0.2, 0) is 11.3 Å². The molecule has 0 unspecified atom stereocenters. The van der Waals surface area contributed by atoms with E-state index < -0.39 is 0 Å². The molecule has 0 radical (unpaired) electrons. The minimum Gasteiger partial charge on any atom is -0.461 e. The summed E-state index contributed by atoms with van der Waals surface area (Å²) in [5, 5.41) is 20.3. The number of benzene rings is 2. The monoisotopic (exact) mass is 432 g/mol. The molecule has 0 fully saturated rings. The van der Waals surface area contributed by atoms with Gasteiger partial charge in [0.1, 0.15) is 0 Å². The highest BCUT2D eigenvalue weighted by atomic mass is 32.2. The maximum Gasteiger partial charge on any atom is 0.234 e. The Morgan fingerprint density at radius 3 is 2.42 bits per heavy atom. The highest BCUT2D eigenvalue weighted by molar-refractivity contribution is 7.99. The van der Waals surface area contributed by atoms with E-state index in [1.165, 1.54) is 11.8 Å². The Morgan fingerprint density at radius 1 is 1.00 bits per heavy atom. The van der Waals surface area contributed by atoms with Crippen molar-refractivity contribution < 1.29 is 9.21 Å². The van der Waals surface area contributed by atoms with E-state index in [0.717, 1.165) is 5.69 Å². The molecule has 0 spiro atoms. The van der Waals surface area contributed by atoms with Gasteiger partial charge in [-0.1, -0.05) is 30.0 Å². The normalized spacial score (nSPS) is 11.1. The van der Waals surface area contributed by atoms with Gasteiger partial charge in [-0.15, -0.1) is 10.2 Å². The van der Waals surface area contributed by atoms with E-state index in [2.05, 4.69) is 25.7 Å². The highest BCUT2D eigenvalue weighted by Crippen LogP contribution is 2.25. The second-order valence-electron chi connectivity index (χ2n) is 6.45. The number of anilines is 1. The standard InChI is InChI=1S/C22H20N6O2S/c1-2-28-21(19-9-6-14-30-19)26-27-22(28)31-15-20(29)23-16-10-12-18(13-11-16)25-24-17-7-4-3-5-8-17/h3-14H,2,15H2,1H3,(H,23,29). The molecule has 8 nitrogen and oxygen atoms in total. The number of rotatable bonds is 8. The predicted octanol–water partition coefficient (Wildman–Crippen LogP) is 5.70. The molecule has 0 atom stereocenters. The van der Waals surface area contributed by atoms with Gasteiger partial charge in [0.05, 0.1) is 23.4 Å². The largest absolute Gasteiger partial charge is 0.461 e. The van der Waals surface area contributed by atoms with Gasteiger partial charge in [0, 0.05) is 12.2 Å². The van der Waals surface area contributed by atoms with Crippen LogP contribution in [0.3, 0.4) is 0 Å². The molecule has 0 saturated heterocycles. The molecule has 0 aliphatic carbocycles. The average molecular weight is 433 g/mol. The first-order chi connectivity index (χ1) is 15.2. The number of carbonyl (C=O) groups is 1. The van der Waals surface area contributed by atoms with Crippen molar-refractivity contribution in [3.63, 3.8) is 0 Å². The molecule has 4 aromatic rings. The molecular formula is C22H20N6O2S. The summed E-state index contributed by atoms with van der Waals surface area (Å²) in [6.07, 6.45) is 1.60. The molecule has 2 aromatic carbocycles. The number of hydrogen-bond donors (Lipinski definition) is 1. The lowest BCUT2D eigenvalue weighted by atomic mass is 10.3. The fraction of sp³-hybridized carbons (Fsp3) is 0.136. The van der Waals surface area contributed by atoms with Crippen molar-refractivity contribution in [1.82, 2.24) is 14.8 Å². The number of thioether (sulfide) groups is 1. The number of carbonyl (C=O) groups excluding carboxylic acids is 1. The summed E-state index contributed by atoms with van der Waals surface area (Å²) >= 11 is 1.33. The van der Waals surface area contributed by atoms with Crippen molar-refractivity contribution in [3.8, 4) is 11.6 Å². The first-order valence-corrected chi connectivity index (χ1v) is 10.7. The van der Waals surface area contributed by atoms with E-state index in [0.29, 0.717) is 34.7 Å². The Hall–Kier alpha value is -3.72. The third-order valence-corrected chi connectivity index (χ3v) is 5.26. The van der Waals surface area contributed by atoms with Gasteiger partial charge in [0.15, 0.2) is 16.7 Å². The number of furan rings is 1. The van der Waals surface area contributed by atoms with Crippen LogP contribution >= 0.6 is 11.8 Å². The first kappa shape index (κ1) is 20.5. The Morgan fingerprint density at radius 2 is 1.74 bits per heavy atom. The van der Waals surface area contributed by atoms with Crippen molar-refractivity contribution >= 4 is 34.7 Å². The zero-order chi connectivity index (χ0) is 21.5. The molecule has 0 bridgehead atoms. The number of amides is 1. The first-order valence-electron chi connectivity index (χ1n) is 9.69. The Labute approximate surface area is 183 Å². The molecule has 31 heavy (non-hydrogen) atoms. The molecule has 0 aliphatic heterocycles. The van der Waals surface area contributed by atoms with Crippen LogP contribution < -0.4 is 5.32 Å². The zero-order valence-electron chi connectivity index (χ0n) is 16.8. The van der Waals surface area contributed by atoms with Crippen molar-refractivity contribution in [2.75, 3.05) is 11.1 Å². The van der Waals surface area contributed by atoms with Crippen molar-refractivity contribution in [1.29, 1.82) is 0 Å². The van der Waals surface area contributed by atoms with Gasteiger partial charge in [-0.3, -0.25) is 9.36 Å². The maximum absolute atomic E-state index is 12.4. The molecule has 0 saturated carbocycles. The van der Waals surface area contributed by atoms with Crippen molar-refractivity contribution in [3.05, 3.63) is 73.0 Å². The molecule has 2 heterocycles. The number of nitrogens with zero attached hydrogens (tertiary/aromatic N) is 5. The van der Waals surface area contributed by atoms with Gasteiger partial charge in [0.2, 0.25) is 5.91 Å². The lowest BCUT2D eigenvalue weighted by Gasteiger charge is -2.07. The molecule has 0 aliphatic rings. The third kappa shape index (κ3) is 5.26. The summed E-state index contributed by atoms with van der Waals surface area (Å²) in [6.45, 7) is 2.67. The summed E-state index contributed by atoms with van der Waals surface area (Å²) in [4.78, 5) is 12.4. The minimum absolute atomic E-state index is 0.131. The minimum atomic E-state index is -0.131. The molecule has 1 N–H and O–H groups in total. The topological polar surface area (TPSA) is 97.7 Å². The van der Waals surface area contributed by atoms with Crippen LogP contribution in [0.4, 0.5) is 17.1 Å². The van der Waals surface area contributed by atoms with Gasteiger partial charge in [-0.05, 0) is 55.5 Å². The van der Waals surface area contributed by atoms with Gasteiger partial charge < -0.3 is 9.73 Å². The van der Waals surface area contributed by atoms with Gasteiger partial charge in [0.25, 0.3) is 0 Å². The summed E-state index contributed by atoms with van der Waals surface area (Å²) < 4.78 is 7.33. The fourth-order valence-electron chi connectivity index (χ4n) is 2.82. The van der Waals surface area contributed by atoms with Gasteiger partial charge in [-0.25, -0.2) is 0 Å². The Bertz CT molecular complexity index is 1150. The number of nitrogens with one attached hydrogen (secondary N) is 1. The van der Waals surface area contributed by atoms with Crippen LogP contribution in [-0.4, -0.2) is 26.4 Å². The molecule has 1 amide bonds. The molecule has 4 rings (SSSR count). The van der Waals surface area contributed by atoms with E-state index in [1.807, 2.05) is 47.9 Å². The zero-order valence-corrected chi connectivity index (χ0v) is 17.6. The summed E-state index contributed by atoms with van der Waals surface area (Å²) in [6, 6.07) is 20.4. The smallest absolute Gasteiger partial charge is 0.234 e. The van der Waals surface area contributed by atoms with Crippen LogP contribution in [0.15, 0.2) is 92.8 Å². The van der Waals surface area contributed by atoms with Crippen molar-refractivity contribution in [2.24, 2.45) is 10.2 Å². The lowest BCUT2D eigenvalue weighted by molar-refractivity contribution is -0.113. The number of hydrogen-bond acceptors (Lipinski definition) is 7. The molecule has 156 valence electrons. The van der Waals surface area contributed by atoms with Crippen LogP contribution in [0.1, 0.15) is 6.92 Å². The quantitative estimate of drug-likeness (QED) is 0.284. The predicted molar refractivity (Wildman–Crippen MR) is 120 cm³/mol. The van der Waals surface area contributed by atoms with Crippen molar-refractivity contribution in [2.45, 2.75) is 18.6 Å². The summed E-state index contributed by atoms with van der Waals surface area (Å²) in [5.74, 6) is 1.38. The summed E-state index contributed by atoms with van der Waals surface area (Å²) in [7, 11) is 0. The molecular weight excluding hydrogens is 412 g/mol. The third-order valence-electron chi connectivity index (χ3n) is 4.30. The molecule has 9 heteroatoms. The second-order valence-corrected chi connectivity index (χ2v) is 7.39. The number of aromatic nitrogens is 3. The SMILES string of the molecule is CCn1c(SCC(=O)Nc2ccc(N=Nc3ccccc3)cc2)nnc1-c1ccco1. The molecule has 2 aromatic heterocycles. The van der Waals surface area contributed by atoms with Gasteiger partial charge >= 0.3 is 0 Å². The average Bonchev–Trinajstić information content (AvgIpc) is 3.47. The number of azo groups is 1. The highest BCUT2D eigenvalue weighted by Gasteiger charge is 2.16. The van der Waals surface area contributed by atoms with Crippen LogP contribution in [0.25, 0.3) is 11.6 Å². The van der Waals surface area contributed by atoms with E-state index >= 15 is 0 Å². The Kier molecular flexibility index (Phi) is 6.53. The van der Waals surface area contributed by atoms with Crippen LogP contribution in [0.5, 0.6) is 0 Å². The van der Waals surface area contributed by atoms with E-state index in [-0.39, 0.29) is 11.7 Å². The van der Waals surface area contributed by atoms with Crippen LogP contribution in [0, 0.1) is 0 Å². The van der Waals surface area contributed by atoms with Crippen LogP contribution in [0.2, 0.25) is 0 Å². The van der Waals surface area contributed by atoms with E-state index in [1.54, 1.807) is 36.6 Å². The lowest BCUT2D eigenvalue weighted by Crippen LogP contribution is -2.14. The van der Waals surface area contributed by atoms with E-state index in [9.17, 15) is 4.79 Å². The second kappa shape index (κ2) is 9.86. The maximum atomic E-state index is 12.4. The fourth-order valence-corrected chi connectivity index (χ4v) is 3.62. The Balaban J connectivity index is 1.33. The van der Waals surface area contributed by atoms with Gasteiger partial charge in [-0.2, -0.15) is 10.2 Å². The summed E-state index contributed by atoms with van der Waals surface area (Å²) in [5.41, 5.74) is 2.18.